The van der Waals surface area contributed by atoms with Crippen LogP contribution in [0.15, 0.2) is 71.3 Å². The number of ether oxygens (including phenoxy) is 1. The van der Waals surface area contributed by atoms with E-state index in [1.807, 2.05) is 24.3 Å². The normalized spacial score (nSPS) is 18.4. The predicted molar refractivity (Wildman–Crippen MR) is 131 cm³/mol. The number of amides is 1. The number of rotatable bonds is 5. The summed E-state index contributed by atoms with van der Waals surface area (Å²) in [4.78, 5) is 21.4. The van der Waals surface area contributed by atoms with Crippen molar-refractivity contribution in [3.05, 3.63) is 77.5 Å². The Bertz CT molecular complexity index is 1520. The van der Waals surface area contributed by atoms with Gasteiger partial charge in [0.05, 0.1) is 0 Å². The minimum atomic E-state index is -4.85. The van der Waals surface area contributed by atoms with E-state index < -0.39 is 33.6 Å². The first-order valence-corrected chi connectivity index (χ1v) is 12.8. The third-order valence-corrected chi connectivity index (χ3v) is 7.93. The maximum Gasteiger partial charge on any atom is 0.573 e. The molecular formula is C25H21F3N4O4S. The van der Waals surface area contributed by atoms with E-state index in [-0.39, 0.29) is 37.3 Å². The van der Waals surface area contributed by atoms with E-state index in [1.165, 1.54) is 22.5 Å². The second kappa shape index (κ2) is 9.27. The molecule has 8 nitrogen and oxygen atoms in total. The van der Waals surface area contributed by atoms with Gasteiger partial charge in [-0.25, -0.2) is 8.42 Å². The fourth-order valence-corrected chi connectivity index (χ4v) is 5.66. The third kappa shape index (κ3) is 5.20. The zero-order valence-electron chi connectivity index (χ0n) is 19.3. The molecular weight excluding hydrogens is 509 g/mol. The van der Waals surface area contributed by atoms with Crippen LogP contribution in [-0.2, 0) is 14.8 Å². The SMILES string of the molecule is O=C1NC(c2cccc(OC(F)(F)F)c2)=NC12CCN(S(=O)(=O)/C=C/c1cccc3cnccc13)CC2. The molecule has 1 amide bonds. The zero-order chi connectivity index (χ0) is 26.3. The fourth-order valence-electron chi connectivity index (χ4n) is 4.48. The summed E-state index contributed by atoms with van der Waals surface area (Å²) in [7, 11) is -3.77. The second-order valence-electron chi connectivity index (χ2n) is 8.71. The number of hydrogen-bond acceptors (Lipinski definition) is 6. The number of carbonyl (C=O) groups excluding carboxylic acids is 1. The maximum absolute atomic E-state index is 13.0. The van der Waals surface area contributed by atoms with E-state index in [0.29, 0.717) is 0 Å². The summed E-state index contributed by atoms with van der Waals surface area (Å²) in [6.07, 6.45) is 0.294. The van der Waals surface area contributed by atoms with Gasteiger partial charge in [0.15, 0.2) is 0 Å². The Hall–Kier alpha value is -3.77. The lowest BCUT2D eigenvalue weighted by Crippen LogP contribution is -2.50. The Labute approximate surface area is 210 Å². The van der Waals surface area contributed by atoms with Crippen LogP contribution < -0.4 is 10.1 Å². The van der Waals surface area contributed by atoms with Crippen molar-refractivity contribution in [2.24, 2.45) is 4.99 Å². The molecule has 0 saturated carbocycles. The number of sulfonamides is 1. The van der Waals surface area contributed by atoms with Gasteiger partial charge in [0.25, 0.3) is 5.91 Å². The average molecular weight is 531 g/mol. The number of carbonyl (C=O) groups is 1. The van der Waals surface area contributed by atoms with Gasteiger partial charge in [-0.05, 0) is 48.1 Å². The van der Waals surface area contributed by atoms with Crippen molar-refractivity contribution in [3.63, 3.8) is 0 Å². The molecule has 1 spiro atoms. The van der Waals surface area contributed by atoms with Crippen LogP contribution in [0, 0.1) is 0 Å². The van der Waals surface area contributed by atoms with Gasteiger partial charge in [-0.2, -0.15) is 4.31 Å². The minimum Gasteiger partial charge on any atom is -0.406 e. The van der Waals surface area contributed by atoms with E-state index >= 15 is 0 Å². The van der Waals surface area contributed by atoms with Crippen LogP contribution in [-0.4, -0.2) is 54.4 Å². The topological polar surface area (TPSA) is 101 Å². The van der Waals surface area contributed by atoms with Crippen LogP contribution in [0.4, 0.5) is 13.2 Å². The first-order valence-electron chi connectivity index (χ1n) is 11.3. The molecule has 0 aliphatic carbocycles. The Morgan fingerprint density at radius 2 is 1.84 bits per heavy atom. The molecule has 3 heterocycles. The second-order valence-corrected chi connectivity index (χ2v) is 10.5. The van der Waals surface area contributed by atoms with Gasteiger partial charge >= 0.3 is 6.36 Å². The first-order chi connectivity index (χ1) is 17.5. The van der Waals surface area contributed by atoms with Crippen LogP contribution in [0.2, 0.25) is 0 Å². The molecule has 0 atom stereocenters. The van der Waals surface area contributed by atoms with E-state index in [0.717, 1.165) is 33.9 Å². The van der Waals surface area contributed by atoms with Gasteiger partial charge < -0.3 is 10.1 Å². The lowest BCUT2D eigenvalue weighted by atomic mass is 9.89. The number of benzene rings is 2. The highest BCUT2D eigenvalue weighted by Gasteiger charge is 2.47. The van der Waals surface area contributed by atoms with Crippen LogP contribution >= 0.6 is 0 Å². The number of amidine groups is 1. The van der Waals surface area contributed by atoms with Gasteiger partial charge in [0.2, 0.25) is 10.0 Å². The molecule has 1 fully saturated rings. The molecule has 37 heavy (non-hydrogen) atoms. The summed E-state index contributed by atoms with van der Waals surface area (Å²) >= 11 is 0. The molecule has 192 valence electrons. The van der Waals surface area contributed by atoms with Crippen LogP contribution in [0.25, 0.3) is 16.8 Å². The quantitative estimate of drug-likeness (QED) is 0.540. The van der Waals surface area contributed by atoms with Crippen molar-refractivity contribution >= 4 is 38.6 Å². The van der Waals surface area contributed by atoms with Crippen molar-refractivity contribution in [1.82, 2.24) is 14.6 Å². The van der Waals surface area contributed by atoms with Crippen molar-refractivity contribution in [2.45, 2.75) is 24.7 Å². The highest BCUT2D eigenvalue weighted by molar-refractivity contribution is 7.92. The average Bonchev–Trinajstić information content (AvgIpc) is 3.17. The molecule has 0 radical (unpaired) electrons. The largest absolute Gasteiger partial charge is 0.573 e. The molecule has 2 aromatic carbocycles. The number of aromatic nitrogens is 1. The molecule has 1 aromatic heterocycles. The Morgan fingerprint density at radius 3 is 2.59 bits per heavy atom. The number of nitrogens with zero attached hydrogens (tertiary/aromatic N) is 3. The van der Waals surface area contributed by atoms with Crippen LogP contribution in [0.5, 0.6) is 5.75 Å². The van der Waals surface area contributed by atoms with Gasteiger partial charge in [0, 0.05) is 41.8 Å². The van der Waals surface area contributed by atoms with Crippen molar-refractivity contribution in [3.8, 4) is 5.75 Å². The Kier molecular flexibility index (Phi) is 6.24. The minimum absolute atomic E-state index is 0.0631. The summed E-state index contributed by atoms with van der Waals surface area (Å²) < 4.78 is 68.9. The number of pyridine rings is 1. The van der Waals surface area contributed by atoms with E-state index in [4.69, 9.17) is 0 Å². The van der Waals surface area contributed by atoms with E-state index in [9.17, 15) is 26.4 Å². The predicted octanol–water partition coefficient (Wildman–Crippen LogP) is 3.85. The van der Waals surface area contributed by atoms with Gasteiger partial charge in [0.1, 0.15) is 17.1 Å². The van der Waals surface area contributed by atoms with Crippen LogP contribution in [0.1, 0.15) is 24.0 Å². The Balaban J connectivity index is 1.31. The van der Waals surface area contributed by atoms with Crippen molar-refractivity contribution < 1.29 is 31.1 Å². The molecule has 0 unspecified atom stereocenters. The summed E-state index contributed by atoms with van der Waals surface area (Å²) in [6.45, 7) is 0.126. The number of aliphatic imine (C=N–C) groups is 1. The van der Waals surface area contributed by atoms with Crippen LogP contribution in [0.3, 0.4) is 0 Å². The molecule has 2 aliphatic rings. The summed E-state index contributed by atoms with van der Waals surface area (Å²) in [6, 6.07) is 12.5. The summed E-state index contributed by atoms with van der Waals surface area (Å²) in [5.74, 6) is -0.723. The number of fused-ring (bicyclic) bond motifs is 1. The van der Waals surface area contributed by atoms with Gasteiger partial charge in [-0.3, -0.25) is 14.8 Å². The summed E-state index contributed by atoms with van der Waals surface area (Å²) in [5, 5.41) is 5.53. The lowest BCUT2D eigenvalue weighted by Gasteiger charge is -2.34. The number of halogens is 3. The molecule has 1 saturated heterocycles. The molecule has 2 aliphatic heterocycles. The summed E-state index contributed by atoms with van der Waals surface area (Å²) in [5.41, 5.74) is -0.192. The molecule has 1 N–H and O–H groups in total. The molecule has 0 bridgehead atoms. The Morgan fingerprint density at radius 1 is 1.08 bits per heavy atom. The van der Waals surface area contributed by atoms with E-state index in [1.54, 1.807) is 12.4 Å². The van der Waals surface area contributed by atoms with Gasteiger partial charge in [-0.1, -0.05) is 30.3 Å². The zero-order valence-corrected chi connectivity index (χ0v) is 20.1. The molecule has 5 rings (SSSR count). The maximum atomic E-state index is 13.0. The smallest absolute Gasteiger partial charge is 0.406 e. The lowest BCUT2D eigenvalue weighted by molar-refractivity contribution is -0.274. The number of alkyl halides is 3. The monoisotopic (exact) mass is 530 g/mol. The number of nitrogens with one attached hydrogen (secondary N) is 1. The highest BCUT2D eigenvalue weighted by Crippen LogP contribution is 2.33. The molecule has 3 aromatic rings. The standard InChI is InChI=1S/C25H21F3N4O4S/c26-25(27,28)36-20-6-2-4-18(15-20)22-30-23(33)24(31-22)9-12-32(13-10-24)37(34,35)14-8-17-3-1-5-19-16-29-11-7-21(17)19/h1-8,11,14-16H,9-10,12-13H2,(H,30,31,33)/b14-8+. The van der Waals surface area contributed by atoms with Crippen molar-refractivity contribution in [1.29, 1.82) is 0 Å². The third-order valence-electron chi connectivity index (χ3n) is 6.36. The van der Waals surface area contributed by atoms with E-state index in [2.05, 4.69) is 20.0 Å². The first kappa shape index (κ1) is 24.9. The van der Waals surface area contributed by atoms with Gasteiger partial charge in [-0.15, -0.1) is 13.2 Å². The number of hydrogen-bond donors (Lipinski definition) is 1. The fraction of sp³-hybridized carbons (Fsp3) is 0.240. The highest BCUT2D eigenvalue weighted by atomic mass is 32.2. The molecule has 12 heteroatoms. The number of piperidine rings is 1. The van der Waals surface area contributed by atoms with Crippen molar-refractivity contribution in [2.75, 3.05) is 13.1 Å².